The molecule has 38 heavy (non-hydrogen) atoms. The quantitative estimate of drug-likeness (QED) is 0.298. The lowest BCUT2D eigenvalue weighted by molar-refractivity contribution is 0.0801. The largest absolute Gasteiger partial charge is 0.322 e. The fraction of sp³-hybridized carbons (Fsp3) is 0.250. The van der Waals surface area contributed by atoms with Crippen LogP contribution >= 0.6 is 34.8 Å². The molecule has 0 bridgehead atoms. The third kappa shape index (κ3) is 5.12. The van der Waals surface area contributed by atoms with Crippen LogP contribution < -0.4 is 10.9 Å². The van der Waals surface area contributed by atoms with Crippen molar-refractivity contribution in [2.24, 2.45) is 0 Å². The van der Waals surface area contributed by atoms with E-state index in [1.54, 1.807) is 45.9 Å². The Kier molecular flexibility index (Phi) is 7.63. The Morgan fingerprint density at radius 3 is 2.47 bits per heavy atom. The Balaban J connectivity index is 1.42. The number of nitrogens with one attached hydrogen (secondary N) is 1. The van der Waals surface area contributed by atoms with Gasteiger partial charge < -0.3 is 10.2 Å². The zero-order valence-corrected chi connectivity index (χ0v) is 23.1. The number of carbonyl (C=O) groups excluding carboxylic acids is 1. The molecule has 1 fully saturated rings. The molecule has 1 aliphatic rings. The van der Waals surface area contributed by atoms with E-state index in [0.29, 0.717) is 62.8 Å². The molecule has 10 heteroatoms. The number of carbonyl (C=O) groups is 1. The van der Waals surface area contributed by atoms with E-state index in [4.69, 9.17) is 39.8 Å². The maximum Gasteiger partial charge on any atom is 0.322 e. The Bertz CT molecular complexity index is 1560. The first-order valence-electron chi connectivity index (χ1n) is 12.3. The van der Waals surface area contributed by atoms with Crippen molar-refractivity contribution in [3.8, 4) is 5.69 Å². The molecule has 2 unspecified atom stereocenters. The lowest BCUT2D eigenvalue weighted by Gasteiger charge is -2.42. The lowest BCUT2D eigenvalue weighted by Crippen LogP contribution is -2.55. The van der Waals surface area contributed by atoms with E-state index >= 15 is 0 Å². The van der Waals surface area contributed by atoms with Gasteiger partial charge in [0.1, 0.15) is 5.82 Å². The van der Waals surface area contributed by atoms with Gasteiger partial charge in [-0.3, -0.25) is 14.3 Å². The van der Waals surface area contributed by atoms with E-state index in [1.807, 2.05) is 44.2 Å². The number of amides is 2. The third-order valence-corrected chi connectivity index (χ3v) is 7.99. The third-order valence-electron chi connectivity index (χ3n) is 6.92. The van der Waals surface area contributed by atoms with Crippen molar-refractivity contribution in [2.45, 2.75) is 25.9 Å². The molecule has 1 aromatic heterocycles. The van der Waals surface area contributed by atoms with Crippen LogP contribution in [0.3, 0.4) is 0 Å². The zero-order valence-electron chi connectivity index (χ0n) is 20.9. The maximum absolute atomic E-state index is 13.6. The van der Waals surface area contributed by atoms with Crippen molar-refractivity contribution >= 4 is 57.4 Å². The minimum Gasteiger partial charge on any atom is -0.319 e. The molecule has 0 radical (unpaired) electrons. The van der Waals surface area contributed by atoms with E-state index in [9.17, 15) is 9.59 Å². The van der Waals surface area contributed by atoms with E-state index in [0.717, 1.165) is 0 Å². The highest BCUT2D eigenvalue weighted by Crippen LogP contribution is 2.30. The van der Waals surface area contributed by atoms with Crippen molar-refractivity contribution in [1.29, 1.82) is 0 Å². The second-order valence-corrected chi connectivity index (χ2v) is 10.6. The standard InChI is InChI=1S/C28H26Cl3N5O2/c1-17-16-34(14-15-35(17)28(38)33-24-9-5-7-22(30)25(24)31)18(2)26-32-23-8-4-3-6-21(23)27(37)36(26)20-12-10-19(29)11-13-20/h3-13,17-18H,14-16H2,1-2H3,(H,33,38). The smallest absolute Gasteiger partial charge is 0.319 e. The molecule has 196 valence electrons. The highest BCUT2D eigenvalue weighted by Gasteiger charge is 2.32. The topological polar surface area (TPSA) is 70.5 Å². The van der Waals surface area contributed by atoms with E-state index in [2.05, 4.69) is 10.2 Å². The summed E-state index contributed by atoms with van der Waals surface area (Å²) >= 11 is 18.5. The number of benzene rings is 3. The lowest BCUT2D eigenvalue weighted by atomic mass is 10.1. The molecule has 7 nitrogen and oxygen atoms in total. The summed E-state index contributed by atoms with van der Waals surface area (Å²) in [5, 5.41) is 4.70. The minimum atomic E-state index is -0.240. The van der Waals surface area contributed by atoms with Crippen molar-refractivity contribution in [1.82, 2.24) is 19.4 Å². The van der Waals surface area contributed by atoms with Gasteiger partial charge in [0.05, 0.1) is 38.4 Å². The summed E-state index contributed by atoms with van der Waals surface area (Å²) < 4.78 is 1.66. The molecule has 1 saturated heterocycles. The Morgan fingerprint density at radius 1 is 1.00 bits per heavy atom. The molecular formula is C28H26Cl3N5O2. The summed E-state index contributed by atoms with van der Waals surface area (Å²) in [5.74, 6) is 0.631. The SMILES string of the molecule is CC(c1nc2ccccc2c(=O)n1-c1ccc(Cl)cc1)N1CCN(C(=O)Nc2cccc(Cl)c2Cl)C(C)C1. The van der Waals surface area contributed by atoms with Gasteiger partial charge >= 0.3 is 6.03 Å². The number of fused-ring (bicyclic) bond motifs is 1. The highest BCUT2D eigenvalue weighted by molar-refractivity contribution is 6.44. The Morgan fingerprint density at radius 2 is 1.74 bits per heavy atom. The summed E-state index contributed by atoms with van der Waals surface area (Å²) in [6.07, 6.45) is 0. The van der Waals surface area contributed by atoms with Gasteiger partial charge in [0, 0.05) is 30.7 Å². The van der Waals surface area contributed by atoms with Gasteiger partial charge in [0.2, 0.25) is 0 Å². The molecule has 4 aromatic rings. The number of aromatic nitrogens is 2. The van der Waals surface area contributed by atoms with Crippen LogP contribution in [0.25, 0.3) is 16.6 Å². The van der Waals surface area contributed by atoms with Crippen LogP contribution in [0.15, 0.2) is 71.5 Å². The van der Waals surface area contributed by atoms with Crippen molar-refractivity contribution in [2.75, 3.05) is 25.0 Å². The molecule has 2 atom stereocenters. The van der Waals surface area contributed by atoms with Crippen LogP contribution in [-0.4, -0.2) is 51.1 Å². The number of piperazine rings is 1. The van der Waals surface area contributed by atoms with Gasteiger partial charge in [-0.2, -0.15) is 0 Å². The van der Waals surface area contributed by atoms with Crippen LogP contribution in [0.5, 0.6) is 0 Å². The first-order chi connectivity index (χ1) is 18.2. The normalized spacial score (nSPS) is 17.0. The number of anilines is 1. The van der Waals surface area contributed by atoms with Crippen LogP contribution in [-0.2, 0) is 0 Å². The number of hydrogen-bond acceptors (Lipinski definition) is 4. The van der Waals surface area contributed by atoms with Gasteiger partial charge in [-0.1, -0.05) is 53.0 Å². The van der Waals surface area contributed by atoms with Gasteiger partial charge in [-0.05, 0) is 62.4 Å². The van der Waals surface area contributed by atoms with Crippen molar-refractivity contribution in [3.05, 3.63) is 98.0 Å². The number of nitrogens with zero attached hydrogens (tertiary/aromatic N) is 4. The summed E-state index contributed by atoms with van der Waals surface area (Å²) in [7, 11) is 0. The van der Waals surface area contributed by atoms with Crippen LogP contribution in [0, 0.1) is 0 Å². The molecule has 0 saturated carbocycles. The number of halogens is 3. The highest BCUT2D eigenvalue weighted by atomic mass is 35.5. The number of hydrogen-bond donors (Lipinski definition) is 1. The van der Waals surface area contributed by atoms with Gasteiger partial charge in [-0.15, -0.1) is 0 Å². The number of urea groups is 1. The van der Waals surface area contributed by atoms with Crippen LogP contribution in [0.4, 0.5) is 10.5 Å². The fourth-order valence-corrected chi connectivity index (χ4v) is 5.33. The molecule has 2 amide bonds. The maximum atomic E-state index is 13.6. The fourth-order valence-electron chi connectivity index (χ4n) is 4.86. The average molecular weight is 571 g/mol. The number of rotatable bonds is 4. The zero-order chi connectivity index (χ0) is 27.0. The summed E-state index contributed by atoms with van der Waals surface area (Å²) in [5.41, 5.74) is 1.68. The Labute approximate surface area is 235 Å². The van der Waals surface area contributed by atoms with Crippen molar-refractivity contribution in [3.63, 3.8) is 0 Å². The summed E-state index contributed by atoms with van der Waals surface area (Å²) in [6.45, 7) is 5.73. The van der Waals surface area contributed by atoms with Crippen LogP contribution in [0.1, 0.15) is 25.7 Å². The molecule has 2 heterocycles. The predicted octanol–water partition coefficient (Wildman–Crippen LogP) is 6.65. The second kappa shape index (κ2) is 10.9. The number of para-hydroxylation sites is 1. The molecule has 5 rings (SSSR count). The predicted molar refractivity (Wildman–Crippen MR) is 154 cm³/mol. The van der Waals surface area contributed by atoms with Gasteiger partial charge in [0.25, 0.3) is 5.56 Å². The van der Waals surface area contributed by atoms with E-state index in [-0.39, 0.29) is 23.7 Å². The molecule has 1 N–H and O–H groups in total. The molecule has 0 spiro atoms. The Hall–Kier alpha value is -3.10. The van der Waals surface area contributed by atoms with Gasteiger partial charge in [0.15, 0.2) is 0 Å². The van der Waals surface area contributed by atoms with Crippen LogP contribution in [0.2, 0.25) is 15.1 Å². The molecule has 1 aliphatic heterocycles. The first-order valence-corrected chi connectivity index (χ1v) is 13.4. The average Bonchev–Trinajstić information content (AvgIpc) is 2.91. The molecular weight excluding hydrogens is 545 g/mol. The monoisotopic (exact) mass is 569 g/mol. The van der Waals surface area contributed by atoms with E-state index < -0.39 is 0 Å². The van der Waals surface area contributed by atoms with Gasteiger partial charge in [-0.25, -0.2) is 9.78 Å². The molecule has 3 aromatic carbocycles. The summed E-state index contributed by atoms with van der Waals surface area (Å²) in [6, 6.07) is 19.1. The first kappa shape index (κ1) is 26.5. The summed E-state index contributed by atoms with van der Waals surface area (Å²) in [4.78, 5) is 35.7. The van der Waals surface area contributed by atoms with Crippen molar-refractivity contribution < 1.29 is 4.79 Å². The molecule has 0 aliphatic carbocycles. The van der Waals surface area contributed by atoms with E-state index in [1.165, 1.54) is 0 Å². The minimum absolute atomic E-state index is 0.0969. The second-order valence-electron chi connectivity index (χ2n) is 9.35.